The molecule has 2 heterocycles. The molecule has 1 N–H and O–H groups in total. The second kappa shape index (κ2) is 6.69. The predicted molar refractivity (Wildman–Crippen MR) is 68.4 cm³/mol. The summed E-state index contributed by atoms with van der Waals surface area (Å²) >= 11 is 1.92. The van der Waals surface area contributed by atoms with Crippen molar-refractivity contribution in [2.75, 3.05) is 37.7 Å². The van der Waals surface area contributed by atoms with Crippen molar-refractivity contribution in [3.8, 4) is 0 Å². The van der Waals surface area contributed by atoms with Crippen LogP contribution in [-0.2, 0) is 9.53 Å². The lowest BCUT2D eigenvalue weighted by atomic mass is 10.1. The molecule has 4 nitrogen and oxygen atoms in total. The van der Waals surface area contributed by atoms with E-state index in [-0.39, 0.29) is 30.5 Å². The smallest absolute Gasteiger partial charge is 0.242 e. The quantitative estimate of drug-likeness (QED) is 0.744. The van der Waals surface area contributed by atoms with Crippen LogP contribution in [0.5, 0.6) is 0 Å². The molecule has 2 fully saturated rings. The molecule has 0 radical (unpaired) electrons. The number of rotatable bonds is 1. The Hall–Kier alpha value is 0.0300. The number of hydrogen-bond acceptors (Lipinski definition) is 4. The largest absolute Gasteiger partial charge is 0.375 e. The summed E-state index contributed by atoms with van der Waals surface area (Å²) in [5, 5.41) is 3.24. The van der Waals surface area contributed by atoms with Crippen LogP contribution in [0.2, 0.25) is 0 Å². The van der Waals surface area contributed by atoms with Gasteiger partial charge in [0.2, 0.25) is 5.91 Å². The van der Waals surface area contributed by atoms with E-state index in [1.54, 1.807) is 0 Å². The maximum atomic E-state index is 12.1. The minimum atomic E-state index is -0.137. The molecule has 2 rings (SSSR count). The van der Waals surface area contributed by atoms with Crippen molar-refractivity contribution < 1.29 is 9.53 Å². The van der Waals surface area contributed by atoms with Crippen LogP contribution >= 0.6 is 24.2 Å². The molecule has 0 spiro atoms. The first kappa shape index (κ1) is 14.1. The van der Waals surface area contributed by atoms with Gasteiger partial charge >= 0.3 is 0 Å². The maximum Gasteiger partial charge on any atom is 0.242 e. The molecule has 0 aliphatic carbocycles. The molecule has 2 saturated heterocycles. The first-order valence-corrected chi connectivity index (χ1v) is 6.66. The molecule has 2 atom stereocenters. The molecule has 6 heteroatoms. The number of thioether (sulfide) groups is 1. The van der Waals surface area contributed by atoms with Crippen molar-refractivity contribution in [1.29, 1.82) is 0 Å². The van der Waals surface area contributed by atoms with Crippen molar-refractivity contribution in [3.63, 3.8) is 0 Å². The fourth-order valence-corrected chi connectivity index (χ4v) is 2.89. The second-order valence-corrected chi connectivity index (χ2v) is 5.17. The van der Waals surface area contributed by atoms with Crippen molar-refractivity contribution >= 4 is 30.1 Å². The summed E-state index contributed by atoms with van der Waals surface area (Å²) in [5.41, 5.74) is 0. The van der Waals surface area contributed by atoms with E-state index < -0.39 is 0 Å². The van der Waals surface area contributed by atoms with Gasteiger partial charge in [-0.25, -0.2) is 0 Å². The zero-order valence-corrected chi connectivity index (χ0v) is 11.1. The van der Waals surface area contributed by atoms with Gasteiger partial charge in [0, 0.05) is 31.1 Å². The Balaban J connectivity index is 0.00000128. The minimum Gasteiger partial charge on any atom is -0.375 e. The Bertz CT molecular complexity index is 237. The van der Waals surface area contributed by atoms with E-state index in [9.17, 15) is 4.79 Å². The van der Waals surface area contributed by atoms with E-state index in [1.807, 2.05) is 23.6 Å². The van der Waals surface area contributed by atoms with Crippen molar-refractivity contribution in [2.45, 2.75) is 19.1 Å². The Morgan fingerprint density at radius 2 is 2.12 bits per heavy atom. The molecule has 16 heavy (non-hydrogen) atoms. The van der Waals surface area contributed by atoms with Crippen LogP contribution < -0.4 is 5.32 Å². The third-order valence-corrected chi connectivity index (χ3v) is 3.85. The molecular formula is C10H19ClN2O2S. The van der Waals surface area contributed by atoms with Gasteiger partial charge in [0.25, 0.3) is 0 Å². The Labute approximate surface area is 107 Å². The summed E-state index contributed by atoms with van der Waals surface area (Å²) in [4.78, 5) is 14.1. The number of nitrogens with zero attached hydrogens (tertiary/aromatic N) is 1. The van der Waals surface area contributed by atoms with E-state index in [4.69, 9.17) is 4.74 Å². The average Bonchev–Trinajstić information content (AvgIpc) is 2.30. The van der Waals surface area contributed by atoms with E-state index in [2.05, 4.69) is 5.32 Å². The van der Waals surface area contributed by atoms with E-state index in [1.165, 1.54) is 0 Å². The predicted octanol–water partition coefficient (Wildman–Crippen LogP) is 0.360. The molecule has 0 aromatic heterocycles. The lowest BCUT2D eigenvalue weighted by Gasteiger charge is -2.35. The SMILES string of the molecule is C[C@H]1OCCN[C@@H]1C(=O)N1CCSCC1.Cl. The maximum absolute atomic E-state index is 12.1. The highest BCUT2D eigenvalue weighted by Crippen LogP contribution is 2.13. The molecule has 2 aliphatic rings. The molecule has 0 bridgehead atoms. The van der Waals surface area contributed by atoms with Crippen LogP contribution in [0.3, 0.4) is 0 Å². The molecule has 0 saturated carbocycles. The highest BCUT2D eigenvalue weighted by molar-refractivity contribution is 7.99. The highest BCUT2D eigenvalue weighted by Gasteiger charge is 2.32. The number of morpholine rings is 1. The number of carbonyl (C=O) groups is 1. The van der Waals surface area contributed by atoms with Crippen LogP contribution in [0.15, 0.2) is 0 Å². The van der Waals surface area contributed by atoms with Crippen LogP contribution in [-0.4, -0.2) is 60.7 Å². The monoisotopic (exact) mass is 266 g/mol. The average molecular weight is 267 g/mol. The lowest BCUT2D eigenvalue weighted by Crippen LogP contribution is -2.57. The zero-order valence-electron chi connectivity index (χ0n) is 9.48. The van der Waals surface area contributed by atoms with Crippen LogP contribution in [0.1, 0.15) is 6.92 Å². The summed E-state index contributed by atoms with van der Waals surface area (Å²) in [7, 11) is 0. The summed E-state index contributed by atoms with van der Waals surface area (Å²) in [5.74, 6) is 2.34. The number of hydrogen-bond donors (Lipinski definition) is 1. The first-order chi connectivity index (χ1) is 7.29. The summed E-state index contributed by atoms with van der Waals surface area (Å²) < 4.78 is 5.49. The van der Waals surface area contributed by atoms with Gasteiger partial charge in [-0.1, -0.05) is 0 Å². The van der Waals surface area contributed by atoms with E-state index in [0.717, 1.165) is 31.1 Å². The highest BCUT2D eigenvalue weighted by atomic mass is 35.5. The van der Waals surface area contributed by atoms with Gasteiger partial charge in [0.1, 0.15) is 6.04 Å². The number of nitrogens with one attached hydrogen (secondary N) is 1. The molecule has 0 aromatic rings. The molecule has 2 aliphatic heterocycles. The second-order valence-electron chi connectivity index (χ2n) is 3.95. The number of amides is 1. The number of carbonyl (C=O) groups excluding carboxylic acids is 1. The Morgan fingerprint density at radius 3 is 2.75 bits per heavy atom. The molecule has 0 aromatic carbocycles. The minimum absolute atomic E-state index is 0. The van der Waals surface area contributed by atoms with Gasteiger partial charge in [0.15, 0.2) is 0 Å². The van der Waals surface area contributed by atoms with Crippen molar-refractivity contribution in [3.05, 3.63) is 0 Å². The third kappa shape index (κ3) is 3.26. The van der Waals surface area contributed by atoms with Gasteiger partial charge < -0.3 is 15.0 Å². The van der Waals surface area contributed by atoms with Gasteiger partial charge in [-0.05, 0) is 6.92 Å². The van der Waals surface area contributed by atoms with Crippen LogP contribution in [0.25, 0.3) is 0 Å². The Kier molecular flexibility index (Phi) is 5.89. The molecule has 1 amide bonds. The molecular weight excluding hydrogens is 248 g/mol. The van der Waals surface area contributed by atoms with E-state index >= 15 is 0 Å². The first-order valence-electron chi connectivity index (χ1n) is 5.50. The molecule has 0 unspecified atom stereocenters. The number of halogens is 1. The van der Waals surface area contributed by atoms with E-state index in [0.29, 0.717) is 6.61 Å². The summed E-state index contributed by atoms with van der Waals surface area (Å²) in [6.07, 6.45) is 0.000768. The Morgan fingerprint density at radius 1 is 1.44 bits per heavy atom. The summed E-state index contributed by atoms with van der Waals surface area (Å²) in [6, 6.07) is -0.137. The van der Waals surface area contributed by atoms with Gasteiger partial charge in [0.05, 0.1) is 12.7 Å². The van der Waals surface area contributed by atoms with Crippen molar-refractivity contribution in [1.82, 2.24) is 10.2 Å². The van der Waals surface area contributed by atoms with Crippen molar-refractivity contribution in [2.24, 2.45) is 0 Å². The topological polar surface area (TPSA) is 41.6 Å². The van der Waals surface area contributed by atoms with Crippen LogP contribution in [0.4, 0.5) is 0 Å². The normalized spacial score (nSPS) is 30.7. The lowest BCUT2D eigenvalue weighted by molar-refractivity contribution is -0.139. The third-order valence-electron chi connectivity index (χ3n) is 2.91. The standard InChI is InChI=1S/C10H18N2O2S.ClH/c1-8-9(11-2-5-14-8)10(13)12-3-6-15-7-4-12;/h8-9,11H,2-7H2,1H3;1H/t8-,9+;/m1./s1. The molecule has 94 valence electrons. The zero-order chi connectivity index (χ0) is 10.7. The van der Waals surface area contributed by atoms with Crippen LogP contribution in [0, 0.1) is 0 Å². The van der Waals surface area contributed by atoms with Gasteiger partial charge in [-0.2, -0.15) is 11.8 Å². The summed E-state index contributed by atoms with van der Waals surface area (Å²) in [6.45, 7) is 5.22. The fraction of sp³-hybridized carbons (Fsp3) is 0.900. The number of ether oxygens (including phenoxy) is 1. The van der Waals surface area contributed by atoms with Gasteiger partial charge in [-0.3, -0.25) is 4.79 Å². The van der Waals surface area contributed by atoms with Gasteiger partial charge in [-0.15, -0.1) is 12.4 Å². The fourth-order valence-electron chi connectivity index (χ4n) is 1.99.